The SMILES string of the molecule is NCCCC[C@@H](NC(=O)C(Cc1cc(Br)c(O)c(Br)c1)NC(=O)N1CCC(N2Cc3ccccc3NC2=O)CC1)C(=O)N1CCN(c2ccncc2)CC1. The number of anilines is 2. The van der Waals surface area contributed by atoms with Crippen LogP contribution in [0.25, 0.3) is 0 Å². The molecule has 1 unspecified atom stereocenters. The van der Waals surface area contributed by atoms with Gasteiger partial charge in [-0.3, -0.25) is 14.6 Å². The van der Waals surface area contributed by atoms with Gasteiger partial charge in [0.1, 0.15) is 17.8 Å². The van der Waals surface area contributed by atoms with Gasteiger partial charge in [0.15, 0.2) is 0 Å². The summed E-state index contributed by atoms with van der Waals surface area (Å²) in [4.78, 5) is 66.5. The number of piperidine rings is 1. The number of phenols is 1. The number of piperazine rings is 1. The number of nitrogens with two attached hydrogens (primary N) is 1. The van der Waals surface area contributed by atoms with E-state index in [1.54, 1.807) is 34.3 Å². The number of hydrogen-bond acceptors (Lipinski definition) is 8. The van der Waals surface area contributed by atoms with Crippen LogP contribution in [0.15, 0.2) is 69.9 Å². The maximum atomic E-state index is 14.2. The number of likely N-dealkylation sites (tertiary alicyclic amines) is 1. The molecule has 54 heavy (non-hydrogen) atoms. The minimum Gasteiger partial charge on any atom is -0.506 e. The molecule has 0 aliphatic carbocycles. The number of fused-ring (bicyclic) bond motifs is 1. The maximum absolute atomic E-state index is 14.2. The van der Waals surface area contributed by atoms with Gasteiger partial charge in [-0.15, -0.1) is 0 Å². The maximum Gasteiger partial charge on any atom is 0.322 e. The summed E-state index contributed by atoms with van der Waals surface area (Å²) in [6.45, 7) is 4.07. The zero-order valence-electron chi connectivity index (χ0n) is 30.1. The molecule has 2 saturated heterocycles. The normalized spacial score (nSPS) is 17.4. The number of carbonyl (C=O) groups excluding carboxylic acids is 4. The first-order valence-corrected chi connectivity index (χ1v) is 20.0. The van der Waals surface area contributed by atoms with E-state index >= 15 is 0 Å². The minimum atomic E-state index is -1.03. The Morgan fingerprint density at radius 2 is 1.59 bits per heavy atom. The van der Waals surface area contributed by atoms with Crippen LogP contribution in [0.3, 0.4) is 0 Å². The van der Waals surface area contributed by atoms with Crippen molar-refractivity contribution in [2.45, 2.75) is 63.2 Å². The summed E-state index contributed by atoms with van der Waals surface area (Å²) in [7, 11) is 0. The summed E-state index contributed by atoms with van der Waals surface area (Å²) in [6.07, 6.45) is 6.53. The fourth-order valence-corrected chi connectivity index (χ4v) is 8.58. The van der Waals surface area contributed by atoms with Crippen LogP contribution in [0.1, 0.15) is 43.2 Å². The fourth-order valence-electron chi connectivity index (χ4n) is 7.30. The second-order valence-corrected chi connectivity index (χ2v) is 15.6. The molecule has 0 bridgehead atoms. The van der Waals surface area contributed by atoms with Gasteiger partial charge in [0, 0.05) is 82.0 Å². The van der Waals surface area contributed by atoms with Crippen LogP contribution < -0.4 is 26.6 Å². The van der Waals surface area contributed by atoms with Crippen molar-refractivity contribution in [1.29, 1.82) is 0 Å². The van der Waals surface area contributed by atoms with Crippen molar-refractivity contribution in [3.8, 4) is 5.75 Å². The number of pyridine rings is 1. The highest BCUT2D eigenvalue weighted by molar-refractivity contribution is 9.11. The Bertz CT molecular complexity index is 1780. The van der Waals surface area contributed by atoms with E-state index in [1.807, 2.05) is 41.3 Å². The third-order valence-electron chi connectivity index (χ3n) is 10.4. The van der Waals surface area contributed by atoms with Gasteiger partial charge >= 0.3 is 12.1 Å². The summed E-state index contributed by atoms with van der Waals surface area (Å²) in [5.74, 6) is -0.628. The molecule has 2 fully saturated rings. The summed E-state index contributed by atoms with van der Waals surface area (Å²) in [6, 6.07) is 12.6. The molecule has 3 aliphatic rings. The zero-order chi connectivity index (χ0) is 38.2. The number of urea groups is 2. The van der Waals surface area contributed by atoms with E-state index < -0.39 is 24.0 Å². The second kappa shape index (κ2) is 18.3. The number of carbonyl (C=O) groups is 4. The zero-order valence-corrected chi connectivity index (χ0v) is 33.2. The lowest BCUT2D eigenvalue weighted by molar-refractivity contribution is -0.137. The molecule has 2 atom stereocenters. The van der Waals surface area contributed by atoms with Crippen LogP contribution in [0, 0.1) is 0 Å². The Hall–Kier alpha value is -4.41. The Labute approximate surface area is 332 Å². The number of amides is 6. The lowest BCUT2D eigenvalue weighted by Crippen LogP contribution is -2.59. The standard InChI is InChI=1S/C38H47Br2N9O5/c39-29-21-25(22-30(40)34(29)50)23-33(45-37(53)48-15-10-28(11-16-48)49-24-26-5-1-2-6-31(26)44-38(49)54)35(51)43-32(7-3-4-12-41)36(52)47-19-17-46(18-20-47)27-8-13-42-14-9-27/h1-2,5-6,8-9,13-14,21-22,28,32-33,50H,3-4,7,10-12,15-20,23-24,41H2,(H,43,51)(H,44,54)(H,45,53)/t32-,33?/m1/s1. The Morgan fingerprint density at radius 1 is 0.907 bits per heavy atom. The van der Waals surface area contributed by atoms with E-state index in [0.717, 1.165) is 16.9 Å². The van der Waals surface area contributed by atoms with Crippen LogP contribution in [-0.4, -0.2) is 113 Å². The Kier molecular flexibility index (Phi) is 13.3. The van der Waals surface area contributed by atoms with Crippen molar-refractivity contribution in [2.24, 2.45) is 5.73 Å². The molecule has 0 saturated carbocycles. The first kappa shape index (κ1) is 39.3. The van der Waals surface area contributed by atoms with Crippen molar-refractivity contribution in [3.05, 3.63) is 81.0 Å². The van der Waals surface area contributed by atoms with Gasteiger partial charge in [-0.2, -0.15) is 0 Å². The number of hydrogen-bond donors (Lipinski definition) is 5. The molecule has 2 aromatic carbocycles. The minimum absolute atomic E-state index is 0.0205. The second-order valence-electron chi connectivity index (χ2n) is 13.9. The molecule has 6 N–H and O–H groups in total. The van der Waals surface area contributed by atoms with Crippen molar-refractivity contribution < 1.29 is 24.3 Å². The number of aromatic hydroxyl groups is 1. The van der Waals surface area contributed by atoms with Crippen LogP contribution in [0.4, 0.5) is 21.0 Å². The number of phenolic OH excluding ortho intramolecular Hbond substituents is 1. The van der Waals surface area contributed by atoms with Crippen molar-refractivity contribution in [2.75, 3.05) is 56.0 Å². The Balaban J connectivity index is 1.13. The molecule has 14 nitrogen and oxygen atoms in total. The number of benzene rings is 2. The topological polar surface area (TPSA) is 176 Å². The molecule has 0 spiro atoms. The van der Waals surface area contributed by atoms with E-state index in [9.17, 15) is 24.3 Å². The quantitative estimate of drug-likeness (QED) is 0.167. The van der Waals surface area contributed by atoms with Crippen molar-refractivity contribution >= 4 is 67.1 Å². The van der Waals surface area contributed by atoms with Crippen molar-refractivity contribution in [3.63, 3.8) is 0 Å². The molecule has 6 amide bonds. The van der Waals surface area contributed by atoms with E-state index in [-0.39, 0.29) is 30.2 Å². The van der Waals surface area contributed by atoms with E-state index in [2.05, 4.69) is 57.7 Å². The van der Waals surface area contributed by atoms with Crippen LogP contribution in [0.2, 0.25) is 0 Å². The molecule has 3 aliphatic heterocycles. The predicted octanol–water partition coefficient (Wildman–Crippen LogP) is 4.41. The number of halogens is 2. The third-order valence-corrected chi connectivity index (χ3v) is 11.6. The van der Waals surface area contributed by atoms with E-state index in [4.69, 9.17) is 5.73 Å². The summed E-state index contributed by atoms with van der Waals surface area (Å²) >= 11 is 6.74. The average molecular weight is 870 g/mol. The molecule has 288 valence electrons. The fraction of sp³-hybridized carbons (Fsp3) is 0.447. The highest BCUT2D eigenvalue weighted by atomic mass is 79.9. The molecular weight excluding hydrogens is 822 g/mol. The number of aromatic nitrogens is 1. The van der Waals surface area contributed by atoms with Crippen LogP contribution in [0.5, 0.6) is 5.75 Å². The van der Waals surface area contributed by atoms with Gasteiger partial charge < -0.3 is 46.4 Å². The third kappa shape index (κ3) is 9.63. The molecule has 0 radical (unpaired) electrons. The smallest absolute Gasteiger partial charge is 0.322 e. The largest absolute Gasteiger partial charge is 0.506 e. The molecular formula is C38H47Br2N9O5. The number of unbranched alkanes of at least 4 members (excludes halogenated alkanes) is 1. The van der Waals surface area contributed by atoms with Gasteiger partial charge in [-0.1, -0.05) is 18.2 Å². The van der Waals surface area contributed by atoms with Gasteiger partial charge in [0.05, 0.1) is 8.95 Å². The van der Waals surface area contributed by atoms with Crippen molar-refractivity contribution in [1.82, 2.24) is 30.3 Å². The lowest BCUT2D eigenvalue weighted by atomic mass is 10.0. The predicted molar refractivity (Wildman–Crippen MR) is 213 cm³/mol. The van der Waals surface area contributed by atoms with Crippen LogP contribution in [-0.2, 0) is 22.6 Å². The van der Waals surface area contributed by atoms with E-state index in [0.29, 0.717) is 99.0 Å². The van der Waals surface area contributed by atoms with Gasteiger partial charge in [0.25, 0.3) is 0 Å². The highest BCUT2D eigenvalue weighted by Gasteiger charge is 2.35. The molecule has 1 aromatic heterocycles. The summed E-state index contributed by atoms with van der Waals surface area (Å²) < 4.78 is 0.870. The molecule has 4 heterocycles. The first-order chi connectivity index (χ1) is 26.1. The number of rotatable bonds is 12. The van der Waals surface area contributed by atoms with Crippen LogP contribution >= 0.6 is 31.9 Å². The van der Waals surface area contributed by atoms with Gasteiger partial charge in [-0.05, 0) is 112 Å². The monoisotopic (exact) mass is 867 g/mol. The van der Waals surface area contributed by atoms with Gasteiger partial charge in [-0.25, -0.2) is 9.59 Å². The number of nitrogens with zero attached hydrogens (tertiary/aromatic N) is 5. The number of para-hydroxylation sites is 1. The summed E-state index contributed by atoms with van der Waals surface area (Å²) in [5, 5.41) is 19.2. The van der Waals surface area contributed by atoms with Gasteiger partial charge in [0.2, 0.25) is 11.8 Å². The van der Waals surface area contributed by atoms with E-state index in [1.165, 1.54) is 0 Å². The lowest BCUT2D eigenvalue weighted by Gasteiger charge is -2.40. The molecule has 3 aromatic rings. The first-order valence-electron chi connectivity index (χ1n) is 18.4. The highest BCUT2D eigenvalue weighted by Crippen LogP contribution is 2.34. The Morgan fingerprint density at radius 3 is 2.28 bits per heavy atom. The summed E-state index contributed by atoms with van der Waals surface area (Å²) in [5.41, 5.74) is 9.38. The number of nitrogens with one attached hydrogen (secondary N) is 3. The average Bonchev–Trinajstić information content (AvgIpc) is 3.19. The molecule has 6 rings (SSSR count). The molecule has 16 heteroatoms.